The summed E-state index contributed by atoms with van der Waals surface area (Å²) in [7, 11) is 0. The monoisotopic (exact) mass is 394 g/mol. The highest BCUT2D eigenvalue weighted by Gasteiger charge is 2.20. The summed E-state index contributed by atoms with van der Waals surface area (Å²) in [6.45, 7) is 1.97. The molecule has 8 nitrogen and oxygen atoms in total. The first-order valence-corrected chi connectivity index (χ1v) is 9.74. The molecule has 0 atom stereocenters. The van der Waals surface area contributed by atoms with Crippen LogP contribution in [0, 0.1) is 0 Å². The van der Waals surface area contributed by atoms with Crippen LogP contribution in [0.1, 0.15) is 6.42 Å². The molecule has 5 rings (SSSR count). The summed E-state index contributed by atoms with van der Waals surface area (Å²) in [4.78, 5) is 14.5. The number of nitrogens with two attached hydrogens (primary N) is 1. The van der Waals surface area contributed by atoms with E-state index in [0.29, 0.717) is 16.7 Å². The molecule has 0 aliphatic carbocycles. The first kappa shape index (κ1) is 16.9. The number of hydrogen-bond donors (Lipinski definition) is 1. The Balaban J connectivity index is 1.36. The minimum Gasteiger partial charge on any atom is -0.454 e. The van der Waals surface area contributed by atoms with Crippen molar-refractivity contribution in [1.29, 1.82) is 0 Å². The van der Waals surface area contributed by atoms with E-state index in [1.54, 1.807) is 6.33 Å². The van der Waals surface area contributed by atoms with Crippen LogP contribution >= 0.6 is 11.8 Å². The van der Waals surface area contributed by atoms with Gasteiger partial charge in [-0.05, 0) is 48.5 Å². The Bertz CT molecular complexity index is 1080. The van der Waals surface area contributed by atoms with E-state index < -0.39 is 0 Å². The molecule has 28 heavy (non-hydrogen) atoms. The number of aromatic nitrogens is 5. The molecule has 0 spiro atoms. The van der Waals surface area contributed by atoms with Gasteiger partial charge in [0.25, 0.3) is 0 Å². The van der Waals surface area contributed by atoms with Gasteiger partial charge in [-0.15, -0.1) is 0 Å². The SMILES string of the molecule is Nc1ncn(CCCn2cccc2)c2nc(Sc3ccc4c(c3)OCO4)nc1-2. The first-order chi connectivity index (χ1) is 13.8. The van der Waals surface area contributed by atoms with Gasteiger partial charge < -0.3 is 24.3 Å². The highest BCUT2D eigenvalue weighted by molar-refractivity contribution is 7.99. The van der Waals surface area contributed by atoms with Crippen LogP contribution in [-0.4, -0.2) is 30.9 Å². The molecule has 0 saturated heterocycles. The van der Waals surface area contributed by atoms with Gasteiger partial charge in [0.2, 0.25) is 6.79 Å². The highest BCUT2D eigenvalue weighted by atomic mass is 32.2. The van der Waals surface area contributed by atoms with Crippen molar-refractivity contribution in [3.05, 3.63) is 49.1 Å². The lowest BCUT2D eigenvalue weighted by molar-refractivity contribution is 0.174. The third-order valence-corrected chi connectivity index (χ3v) is 5.36. The molecular weight excluding hydrogens is 376 g/mol. The van der Waals surface area contributed by atoms with E-state index in [-0.39, 0.29) is 6.79 Å². The summed E-state index contributed by atoms with van der Waals surface area (Å²) in [5.41, 5.74) is 6.67. The fourth-order valence-corrected chi connectivity index (χ4v) is 3.91. The van der Waals surface area contributed by atoms with Crippen molar-refractivity contribution in [2.45, 2.75) is 29.6 Å². The van der Waals surface area contributed by atoms with Gasteiger partial charge in [0.05, 0.1) is 6.33 Å². The molecule has 1 aromatic heterocycles. The van der Waals surface area contributed by atoms with E-state index in [4.69, 9.17) is 20.2 Å². The Hall–Kier alpha value is -3.20. The van der Waals surface area contributed by atoms with Crippen molar-refractivity contribution < 1.29 is 9.47 Å². The fraction of sp³-hybridized carbons (Fsp3) is 0.211. The van der Waals surface area contributed by atoms with Crippen LogP contribution in [0.3, 0.4) is 0 Å². The van der Waals surface area contributed by atoms with Crippen LogP contribution in [0.5, 0.6) is 11.5 Å². The summed E-state index contributed by atoms with van der Waals surface area (Å²) in [5, 5.41) is 0.632. The Morgan fingerprint density at radius 2 is 1.93 bits per heavy atom. The van der Waals surface area contributed by atoms with Crippen molar-refractivity contribution in [2.75, 3.05) is 12.5 Å². The number of nitrogens with zero attached hydrogens (tertiary/aromatic N) is 5. The number of fused-ring (bicyclic) bond motifs is 2. The predicted octanol–water partition coefficient (Wildman–Crippen LogP) is 3.13. The third kappa shape index (κ3) is 3.24. The van der Waals surface area contributed by atoms with Crippen molar-refractivity contribution in [3.8, 4) is 23.0 Å². The zero-order valence-corrected chi connectivity index (χ0v) is 15.8. The van der Waals surface area contributed by atoms with Crippen LogP contribution in [0.25, 0.3) is 11.5 Å². The first-order valence-electron chi connectivity index (χ1n) is 8.93. The van der Waals surface area contributed by atoms with E-state index in [1.807, 2.05) is 34.9 Å². The second-order valence-electron chi connectivity index (χ2n) is 6.39. The summed E-state index contributed by atoms with van der Waals surface area (Å²) in [6.07, 6.45) is 6.81. The zero-order valence-electron chi connectivity index (χ0n) is 15.0. The summed E-state index contributed by atoms with van der Waals surface area (Å²) in [6, 6.07) is 9.84. The van der Waals surface area contributed by atoms with E-state index >= 15 is 0 Å². The van der Waals surface area contributed by atoms with Gasteiger partial charge in [0, 0.05) is 30.4 Å². The fourth-order valence-electron chi connectivity index (χ4n) is 3.13. The Morgan fingerprint density at radius 3 is 2.82 bits per heavy atom. The second kappa shape index (κ2) is 7.08. The molecular formula is C19H18N6O2S. The molecule has 3 aliphatic rings. The third-order valence-electron chi connectivity index (χ3n) is 4.51. The summed E-state index contributed by atoms with van der Waals surface area (Å²) >= 11 is 1.46. The molecule has 2 aromatic rings. The van der Waals surface area contributed by atoms with Gasteiger partial charge in [-0.2, -0.15) is 0 Å². The quantitative estimate of drug-likeness (QED) is 0.537. The van der Waals surface area contributed by atoms with Gasteiger partial charge >= 0.3 is 0 Å². The van der Waals surface area contributed by atoms with E-state index in [9.17, 15) is 0 Å². The lowest BCUT2D eigenvalue weighted by atomic mass is 10.3. The number of aryl methyl sites for hydroxylation is 2. The summed E-state index contributed by atoms with van der Waals surface area (Å²) in [5.74, 6) is 2.64. The lowest BCUT2D eigenvalue weighted by Crippen LogP contribution is -2.10. The maximum Gasteiger partial charge on any atom is 0.231 e. The number of anilines is 1. The van der Waals surface area contributed by atoms with Crippen LogP contribution in [0.2, 0.25) is 0 Å². The number of hydrogen-bond acceptors (Lipinski definition) is 7. The molecule has 0 saturated carbocycles. The number of ether oxygens (including phenoxy) is 2. The molecule has 142 valence electrons. The van der Waals surface area contributed by atoms with Crippen LogP contribution in [0.4, 0.5) is 5.82 Å². The molecule has 1 aromatic carbocycles. The molecule has 2 N–H and O–H groups in total. The van der Waals surface area contributed by atoms with Gasteiger partial charge in [0.1, 0.15) is 0 Å². The van der Waals surface area contributed by atoms with Gasteiger partial charge in [-0.3, -0.25) is 0 Å². The van der Waals surface area contributed by atoms with E-state index in [0.717, 1.165) is 41.7 Å². The Labute approximate surface area is 165 Å². The Kier molecular flexibility index (Phi) is 4.28. The van der Waals surface area contributed by atoms with Crippen molar-refractivity contribution in [2.24, 2.45) is 0 Å². The van der Waals surface area contributed by atoms with Crippen LogP contribution < -0.4 is 15.2 Å². The molecule has 3 aliphatic heterocycles. The molecule has 9 heteroatoms. The average molecular weight is 394 g/mol. The number of rotatable bonds is 6. The second-order valence-corrected chi connectivity index (χ2v) is 7.43. The van der Waals surface area contributed by atoms with Crippen molar-refractivity contribution in [3.63, 3.8) is 0 Å². The molecule has 0 amide bonds. The van der Waals surface area contributed by atoms with Crippen molar-refractivity contribution >= 4 is 17.6 Å². The molecule has 0 fully saturated rings. The molecule has 0 unspecified atom stereocenters. The highest BCUT2D eigenvalue weighted by Crippen LogP contribution is 2.38. The smallest absolute Gasteiger partial charge is 0.231 e. The van der Waals surface area contributed by atoms with Crippen molar-refractivity contribution in [1.82, 2.24) is 24.1 Å². The minimum absolute atomic E-state index is 0.255. The van der Waals surface area contributed by atoms with Crippen LogP contribution in [0.15, 0.2) is 59.1 Å². The topological polar surface area (TPSA) is 93.0 Å². The summed E-state index contributed by atoms with van der Waals surface area (Å²) < 4.78 is 14.9. The number of nitrogen functional groups attached to an aromatic ring is 1. The predicted molar refractivity (Wildman–Crippen MR) is 105 cm³/mol. The van der Waals surface area contributed by atoms with Gasteiger partial charge in [-0.25, -0.2) is 15.0 Å². The van der Waals surface area contributed by atoms with Gasteiger partial charge in [-0.1, -0.05) is 0 Å². The Morgan fingerprint density at radius 1 is 1.07 bits per heavy atom. The molecule has 4 heterocycles. The van der Waals surface area contributed by atoms with Crippen LogP contribution in [-0.2, 0) is 13.1 Å². The zero-order chi connectivity index (χ0) is 18.9. The van der Waals surface area contributed by atoms with E-state index in [1.165, 1.54) is 11.8 Å². The lowest BCUT2D eigenvalue weighted by Gasteiger charge is -2.11. The maximum absolute atomic E-state index is 6.03. The maximum atomic E-state index is 6.03. The molecule has 0 radical (unpaired) electrons. The number of imidazole rings is 1. The number of benzene rings is 1. The molecule has 0 bridgehead atoms. The minimum atomic E-state index is 0.255. The van der Waals surface area contributed by atoms with E-state index in [2.05, 4.69) is 26.9 Å². The normalized spacial score (nSPS) is 12.7. The van der Waals surface area contributed by atoms with Gasteiger partial charge in [0.15, 0.2) is 34.0 Å². The average Bonchev–Trinajstić information content (AvgIpc) is 3.44. The largest absolute Gasteiger partial charge is 0.454 e. The standard InChI is InChI=1S/C19H18N6O2S/c20-17-16-18(25(11-21-17)9-3-8-24-6-1-2-7-24)23-19(22-16)28-13-4-5-14-15(10-13)27-12-26-14/h1-2,4-7,10-11H,3,8-9,12,20H2.